The number of hydrogen-bond donors (Lipinski definition) is 0. The maximum absolute atomic E-state index is 11.3. The van der Waals surface area contributed by atoms with E-state index in [-0.39, 0.29) is 23.6 Å². The minimum Gasteiger partial charge on any atom is -0.480 e. The lowest BCUT2D eigenvalue weighted by Gasteiger charge is -2.34. The highest BCUT2D eigenvalue weighted by Gasteiger charge is 2.43. The highest BCUT2D eigenvalue weighted by molar-refractivity contribution is 5.90. The predicted octanol–water partition coefficient (Wildman–Crippen LogP) is 1.72. The first-order valence-electron chi connectivity index (χ1n) is 5.68. The van der Waals surface area contributed by atoms with E-state index >= 15 is 0 Å². The highest BCUT2D eigenvalue weighted by Crippen LogP contribution is 2.31. The molecule has 2 rings (SSSR count). The smallest absolute Gasteiger partial charge is 0.310 e. The van der Waals surface area contributed by atoms with Gasteiger partial charge in [-0.1, -0.05) is 12.1 Å². The summed E-state index contributed by atoms with van der Waals surface area (Å²) in [5.74, 6) is 0.144. The molecular formula is C12H13NO5. The Morgan fingerprint density at radius 2 is 2.17 bits per heavy atom. The van der Waals surface area contributed by atoms with Crippen LogP contribution in [-0.2, 0) is 9.53 Å². The summed E-state index contributed by atoms with van der Waals surface area (Å²) in [6.07, 6.45) is -0.801. The number of Topliss-reactive ketones (excluding diaryl/α,β-unsaturated/α-hetero) is 1. The number of nitro benzene ring substituents is 1. The van der Waals surface area contributed by atoms with Gasteiger partial charge in [-0.05, 0) is 13.0 Å². The van der Waals surface area contributed by atoms with Crippen LogP contribution in [0.25, 0.3) is 0 Å². The van der Waals surface area contributed by atoms with E-state index in [4.69, 9.17) is 9.47 Å². The van der Waals surface area contributed by atoms with Gasteiger partial charge >= 0.3 is 5.69 Å². The van der Waals surface area contributed by atoms with E-state index in [0.29, 0.717) is 6.61 Å². The van der Waals surface area contributed by atoms with Crippen molar-refractivity contribution in [3.63, 3.8) is 0 Å². The van der Waals surface area contributed by atoms with Crippen molar-refractivity contribution in [3.8, 4) is 5.75 Å². The van der Waals surface area contributed by atoms with E-state index in [0.717, 1.165) is 0 Å². The molecule has 1 fully saturated rings. The largest absolute Gasteiger partial charge is 0.480 e. The van der Waals surface area contributed by atoms with Crippen molar-refractivity contribution in [2.45, 2.75) is 25.6 Å². The highest BCUT2D eigenvalue weighted by atomic mass is 16.6. The van der Waals surface area contributed by atoms with Crippen LogP contribution in [0.1, 0.15) is 13.3 Å². The molecule has 0 N–H and O–H groups in total. The molecule has 1 aromatic carbocycles. The summed E-state index contributed by atoms with van der Waals surface area (Å²) >= 11 is 0. The van der Waals surface area contributed by atoms with Crippen LogP contribution in [0.5, 0.6) is 5.75 Å². The van der Waals surface area contributed by atoms with Crippen molar-refractivity contribution in [1.29, 1.82) is 0 Å². The van der Waals surface area contributed by atoms with Gasteiger partial charge in [0.05, 0.1) is 4.92 Å². The number of rotatable bonds is 5. The van der Waals surface area contributed by atoms with Crippen LogP contribution in [0.3, 0.4) is 0 Å². The third-order valence-corrected chi connectivity index (χ3v) is 2.74. The number of nitro groups is 1. The lowest BCUT2D eigenvalue weighted by Crippen LogP contribution is -2.52. The number of ether oxygens (including phenoxy) is 2. The maximum Gasteiger partial charge on any atom is 0.310 e. The number of carbonyl (C=O) groups excluding carboxylic acids is 1. The molecule has 6 nitrogen and oxygen atoms in total. The Morgan fingerprint density at radius 3 is 2.78 bits per heavy atom. The van der Waals surface area contributed by atoms with Gasteiger partial charge in [0, 0.05) is 19.1 Å². The zero-order valence-electron chi connectivity index (χ0n) is 9.87. The van der Waals surface area contributed by atoms with Gasteiger partial charge < -0.3 is 9.47 Å². The van der Waals surface area contributed by atoms with Crippen LogP contribution in [0.4, 0.5) is 5.69 Å². The van der Waals surface area contributed by atoms with E-state index in [1.54, 1.807) is 19.1 Å². The molecule has 0 saturated heterocycles. The van der Waals surface area contributed by atoms with Crippen LogP contribution >= 0.6 is 0 Å². The number of carbonyl (C=O) groups is 1. The van der Waals surface area contributed by atoms with Gasteiger partial charge in [0.1, 0.15) is 6.10 Å². The van der Waals surface area contributed by atoms with Crippen LogP contribution in [0, 0.1) is 10.1 Å². The quantitative estimate of drug-likeness (QED) is 0.588. The Kier molecular flexibility index (Phi) is 3.57. The molecule has 96 valence electrons. The first-order valence-corrected chi connectivity index (χ1v) is 5.68. The van der Waals surface area contributed by atoms with Crippen molar-refractivity contribution in [1.82, 2.24) is 0 Å². The molecule has 0 radical (unpaired) electrons. The molecule has 1 aliphatic rings. The van der Waals surface area contributed by atoms with Crippen molar-refractivity contribution in [2.24, 2.45) is 0 Å². The van der Waals surface area contributed by atoms with Gasteiger partial charge in [-0.2, -0.15) is 0 Å². The first kappa shape index (κ1) is 12.5. The minimum atomic E-state index is -0.602. The van der Waals surface area contributed by atoms with Gasteiger partial charge in [0.15, 0.2) is 17.6 Å². The number of para-hydroxylation sites is 2. The van der Waals surface area contributed by atoms with E-state index in [9.17, 15) is 14.9 Å². The van der Waals surface area contributed by atoms with Crippen molar-refractivity contribution in [2.75, 3.05) is 6.61 Å². The molecule has 1 aliphatic carbocycles. The van der Waals surface area contributed by atoms with Gasteiger partial charge in [-0.25, -0.2) is 0 Å². The molecule has 1 aromatic rings. The number of benzene rings is 1. The van der Waals surface area contributed by atoms with Gasteiger partial charge in [0.2, 0.25) is 0 Å². The molecule has 2 atom stereocenters. The predicted molar refractivity (Wildman–Crippen MR) is 62.6 cm³/mol. The Balaban J connectivity index is 2.10. The zero-order valence-corrected chi connectivity index (χ0v) is 9.87. The molecule has 1 saturated carbocycles. The average Bonchev–Trinajstić information content (AvgIpc) is 2.36. The second kappa shape index (κ2) is 5.14. The first-order chi connectivity index (χ1) is 8.63. The lowest BCUT2D eigenvalue weighted by molar-refractivity contribution is -0.386. The Morgan fingerprint density at radius 1 is 1.44 bits per heavy atom. The summed E-state index contributed by atoms with van der Waals surface area (Å²) in [5, 5.41) is 10.8. The summed E-state index contributed by atoms with van der Waals surface area (Å²) < 4.78 is 10.7. The third kappa shape index (κ3) is 2.33. The van der Waals surface area contributed by atoms with E-state index in [1.165, 1.54) is 12.1 Å². The molecule has 0 spiro atoms. The summed E-state index contributed by atoms with van der Waals surface area (Å²) in [7, 11) is 0. The van der Waals surface area contributed by atoms with Gasteiger partial charge in [-0.3, -0.25) is 14.9 Å². The number of hydrogen-bond acceptors (Lipinski definition) is 5. The molecule has 0 aromatic heterocycles. The molecule has 0 heterocycles. The summed E-state index contributed by atoms with van der Waals surface area (Å²) in [5.41, 5.74) is -0.105. The van der Waals surface area contributed by atoms with Crippen LogP contribution < -0.4 is 4.74 Å². The van der Waals surface area contributed by atoms with Crippen molar-refractivity contribution in [3.05, 3.63) is 34.4 Å². The SMILES string of the molecule is CCOC1C(=O)CC1Oc1ccccc1[N+](=O)[O-]. The standard InChI is InChI=1S/C12H13NO5/c1-2-17-12-9(14)7-11(12)18-10-6-4-3-5-8(10)13(15)16/h3-6,11-12H,2,7H2,1H3. The van der Waals surface area contributed by atoms with Crippen molar-refractivity contribution >= 4 is 11.5 Å². The third-order valence-electron chi connectivity index (χ3n) is 2.74. The molecule has 0 bridgehead atoms. The average molecular weight is 251 g/mol. The molecule has 0 aliphatic heterocycles. The summed E-state index contributed by atoms with van der Waals surface area (Å²) in [6, 6.07) is 6.10. The molecule has 18 heavy (non-hydrogen) atoms. The number of nitrogens with zero attached hydrogens (tertiary/aromatic N) is 1. The van der Waals surface area contributed by atoms with E-state index in [2.05, 4.69) is 0 Å². The molecule has 6 heteroatoms. The summed E-state index contributed by atoms with van der Waals surface area (Å²) in [6.45, 7) is 2.20. The Bertz CT molecular complexity index is 473. The van der Waals surface area contributed by atoms with Crippen LogP contribution in [0.15, 0.2) is 24.3 Å². The fourth-order valence-corrected chi connectivity index (χ4v) is 1.82. The monoisotopic (exact) mass is 251 g/mol. The van der Waals surface area contributed by atoms with Gasteiger partial charge in [-0.15, -0.1) is 0 Å². The fraction of sp³-hybridized carbons (Fsp3) is 0.417. The minimum absolute atomic E-state index is 0.0274. The zero-order chi connectivity index (χ0) is 13.1. The molecular weight excluding hydrogens is 238 g/mol. The van der Waals surface area contributed by atoms with Gasteiger partial charge in [0.25, 0.3) is 0 Å². The lowest BCUT2D eigenvalue weighted by atomic mass is 9.90. The number of ketones is 1. The van der Waals surface area contributed by atoms with E-state index in [1.807, 2.05) is 0 Å². The van der Waals surface area contributed by atoms with Crippen LogP contribution in [-0.4, -0.2) is 29.5 Å². The second-order valence-corrected chi connectivity index (χ2v) is 3.93. The normalized spacial score (nSPS) is 22.4. The Hall–Kier alpha value is -1.95. The van der Waals surface area contributed by atoms with E-state index < -0.39 is 17.1 Å². The fourth-order valence-electron chi connectivity index (χ4n) is 1.82. The van der Waals surface area contributed by atoms with Crippen molar-refractivity contribution < 1.29 is 19.2 Å². The van der Waals surface area contributed by atoms with Crippen LogP contribution in [0.2, 0.25) is 0 Å². The Labute approximate surface area is 104 Å². The second-order valence-electron chi connectivity index (χ2n) is 3.93. The maximum atomic E-state index is 11.3. The molecule has 2 unspecified atom stereocenters. The topological polar surface area (TPSA) is 78.7 Å². The summed E-state index contributed by atoms with van der Waals surface area (Å²) in [4.78, 5) is 21.6. The molecule has 0 amide bonds.